The van der Waals surface area contributed by atoms with Gasteiger partial charge in [-0.3, -0.25) is 4.40 Å². The van der Waals surface area contributed by atoms with E-state index >= 15 is 0 Å². The minimum absolute atomic E-state index is 0.786. The van der Waals surface area contributed by atoms with E-state index in [4.69, 9.17) is 5.73 Å². The summed E-state index contributed by atoms with van der Waals surface area (Å²) in [6, 6.07) is 3.85. The lowest BCUT2D eigenvalue weighted by Crippen LogP contribution is -1.91. The fraction of sp³-hybridized carbons (Fsp3) is 0.182. The molecule has 0 aromatic carbocycles. The zero-order valence-electron chi connectivity index (χ0n) is 9.51. The Labute approximate surface area is 102 Å². The van der Waals surface area contributed by atoms with Crippen molar-refractivity contribution in [1.29, 1.82) is 0 Å². The highest BCUT2D eigenvalue weighted by molar-refractivity contribution is 7.19. The van der Waals surface area contributed by atoms with Gasteiger partial charge >= 0.3 is 0 Å². The molecule has 3 rings (SSSR count). The molecule has 3 heterocycles. The second-order valence-electron chi connectivity index (χ2n) is 3.94. The topological polar surface area (TPSA) is 69.1 Å². The molecule has 0 saturated heterocycles. The van der Waals surface area contributed by atoms with E-state index in [1.165, 1.54) is 11.3 Å². The number of nitrogens with zero attached hydrogens (tertiary/aromatic N) is 4. The van der Waals surface area contributed by atoms with Crippen LogP contribution >= 0.6 is 11.3 Å². The van der Waals surface area contributed by atoms with E-state index in [0.29, 0.717) is 0 Å². The molecule has 3 aromatic heterocycles. The maximum Gasteiger partial charge on any atom is 0.180 e. The van der Waals surface area contributed by atoms with Crippen molar-refractivity contribution in [2.24, 2.45) is 0 Å². The standard InChI is InChI=1S/C11H11N5S/c1-6-3-8(12)17-10(6)11-15-14-9-4-7(2)13-5-16(9)11/h3-5H,12H2,1-2H3. The molecule has 0 bridgehead atoms. The third-order valence-corrected chi connectivity index (χ3v) is 3.64. The van der Waals surface area contributed by atoms with Gasteiger partial charge in [-0.25, -0.2) is 4.98 Å². The number of hydrogen-bond donors (Lipinski definition) is 1. The first kappa shape index (κ1) is 10.2. The average molecular weight is 245 g/mol. The van der Waals surface area contributed by atoms with Gasteiger partial charge in [0, 0.05) is 11.8 Å². The quantitative estimate of drug-likeness (QED) is 0.712. The summed E-state index contributed by atoms with van der Waals surface area (Å²) in [5.41, 5.74) is 8.65. The Kier molecular flexibility index (Phi) is 2.12. The highest BCUT2D eigenvalue weighted by Crippen LogP contribution is 2.32. The maximum absolute atomic E-state index is 5.80. The Bertz CT molecular complexity index is 697. The van der Waals surface area contributed by atoms with Crippen LogP contribution in [0.4, 0.5) is 5.00 Å². The molecule has 0 unspecified atom stereocenters. The summed E-state index contributed by atoms with van der Waals surface area (Å²) >= 11 is 1.52. The summed E-state index contributed by atoms with van der Waals surface area (Å²) in [5, 5.41) is 9.14. The SMILES string of the molecule is Cc1cc2nnc(-c3sc(N)cc3C)n2cn1. The zero-order chi connectivity index (χ0) is 12.0. The number of anilines is 1. The smallest absolute Gasteiger partial charge is 0.180 e. The Hall–Kier alpha value is -1.95. The van der Waals surface area contributed by atoms with Gasteiger partial charge in [0.15, 0.2) is 11.5 Å². The first-order chi connectivity index (χ1) is 8.15. The van der Waals surface area contributed by atoms with Crippen LogP contribution in [-0.4, -0.2) is 19.6 Å². The lowest BCUT2D eigenvalue weighted by Gasteiger charge is -1.98. The summed E-state index contributed by atoms with van der Waals surface area (Å²) in [4.78, 5) is 5.30. The largest absolute Gasteiger partial charge is 0.391 e. The highest BCUT2D eigenvalue weighted by Gasteiger charge is 2.13. The number of aromatic nitrogens is 4. The van der Waals surface area contributed by atoms with Gasteiger partial charge in [-0.1, -0.05) is 0 Å². The fourth-order valence-electron chi connectivity index (χ4n) is 1.77. The second kappa shape index (κ2) is 3.53. The van der Waals surface area contributed by atoms with Gasteiger partial charge < -0.3 is 5.73 Å². The van der Waals surface area contributed by atoms with Crippen LogP contribution in [0.2, 0.25) is 0 Å². The molecule has 0 aliphatic heterocycles. The van der Waals surface area contributed by atoms with Gasteiger partial charge in [0.2, 0.25) is 0 Å². The molecular formula is C11H11N5S. The molecule has 0 fully saturated rings. The van der Waals surface area contributed by atoms with Gasteiger partial charge in [-0.05, 0) is 25.5 Å². The number of hydrogen-bond acceptors (Lipinski definition) is 5. The number of nitrogens with two attached hydrogens (primary N) is 1. The van der Waals surface area contributed by atoms with E-state index in [1.54, 1.807) is 6.33 Å². The fourth-order valence-corrected chi connectivity index (χ4v) is 2.69. The van der Waals surface area contributed by atoms with Gasteiger partial charge in [-0.15, -0.1) is 21.5 Å². The van der Waals surface area contributed by atoms with E-state index in [0.717, 1.165) is 32.6 Å². The summed E-state index contributed by atoms with van der Waals surface area (Å²) in [6.45, 7) is 3.95. The van der Waals surface area contributed by atoms with Crippen LogP contribution in [0.1, 0.15) is 11.3 Å². The highest BCUT2D eigenvalue weighted by atomic mass is 32.1. The minimum Gasteiger partial charge on any atom is -0.391 e. The molecule has 2 N–H and O–H groups in total. The van der Waals surface area contributed by atoms with Crippen LogP contribution in [0.3, 0.4) is 0 Å². The summed E-state index contributed by atoms with van der Waals surface area (Å²) in [5.74, 6) is 0.798. The van der Waals surface area contributed by atoms with Crippen LogP contribution in [0.5, 0.6) is 0 Å². The van der Waals surface area contributed by atoms with E-state index in [2.05, 4.69) is 15.2 Å². The molecule has 0 saturated carbocycles. The second-order valence-corrected chi connectivity index (χ2v) is 5.03. The molecule has 0 aliphatic carbocycles. The first-order valence-electron chi connectivity index (χ1n) is 5.19. The zero-order valence-corrected chi connectivity index (χ0v) is 10.3. The monoisotopic (exact) mass is 245 g/mol. The third kappa shape index (κ3) is 1.57. The average Bonchev–Trinajstić information content (AvgIpc) is 2.81. The van der Waals surface area contributed by atoms with E-state index in [1.807, 2.05) is 30.4 Å². The van der Waals surface area contributed by atoms with Crippen LogP contribution in [0.15, 0.2) is 18.5 Å². The third-order valence-electron chi connectivity index (χ3n) is 2.58. The van der Waals surface area contributed by atoms with Gasteiger partial charge in [-0.2, -0.15) is 0 Å². The van der Waals surface area contributed by atoms with Crippen molar-refractivity contribution < 1.29 is 0 Å². The number of fused-ring (bicyclic) bond motifs is 1. The first-order valence-corrected chi connectivity index (χ1v) is 6.00. The molecular weight excluding hydrogens is 234 g/mol. The van der Waals surface area contributed by atoms with Crippen LogP contribution in [0, 0.1) is 13.8 Å². The molecule has 0 radical (unpaired) electrons. The summed E-state index contributed by atoms with van der Waals surface area (Å²) < 4.78 is 1.88. The Morgan fingerprint density at radius 1 is 1.24 bits per heavy atom. The van der Waals surface area contributed by atoms with Crippen molar-refractivity contribution in [3.63, 3.8) is 0 Å². The number of aryl methyl sites for hydroxylation is 2. The Morgan fingerprint density at radius 2 is 2.06 bits per heavy atom. The molecule has 0 amide bonds. The molecule has 6 heteroatoms. The Balaban J connectivity index is 2.28. The van der Waals surface area contributed by atoms with Crippen LogP contribution in [0.25, 0.3) is 16.3 Å². The molecule has 86 valence electrons. The van der Waals surface area contributed by atoms with Crippen molar-refractivity contribution in [2.45, 2.75) is 13.8 Å². The van der Waals surface area contributed by atoms with Gasteiger partial charge in [0.25, 0.3) is 0 Å². The number of rotatable bonds is 1. The van der Waals surface area contributed by atoms with Crippen molar-refractivity contribution in [3.05, 3.63) is 29.7 Å². The van der Waals surface area contributed by atoms with E-state index in [-0.39, 0.29) is 0 Å². The Morgan fingerprint density at radius 3 is 2.76 bits per heavy atom. The van der Waals surface area contributed by atoms with Crippen molar-refractivity contribution in [1.82, 2.24) is 19.6 Å². The lowest BCUT2D eigenvalue weighted by atomic mass is 10.3. The number of thiophene rings is 1. The van der Waals surface area contributed by atoms with Gasteiger partial charge in [0.1, 0.15) is 6.33 Å². The van der Waals surface area contributed by atoms with Crippen molar-refractivity contribution >= 4 is 22.0 Å². The minimum atomic E-state index is 0.786. The molecule has 3 aromatic rings. The van der Waals surface area contributed by atoms with E-state index in [9.17, 15) is 0 Å². The molecule has 0 spiro atoms. The normalized spacial score (nSPS) is 11.2. The maximum atomic E-state index is 5.80. The van der Waals surface area contributed by atoms with Crippen LogP contribution in [-0.2, 0) is 0 Å². The molecule has 0 aliphatic rings. The van der Waals surface area contributed by atoms with Crippen molar-refractivity contribution in [3.8, 4) is 10.7 Å². The predicted molar refractivity (Wildman–Crippen MR) is 68.0 cm³/mol. The lowest BCUT2D eigenvalue weighted by molar-refractivity contribution is 1.05. The summed E-state index contributed by atoms with van der Waals surface area (Å²) in [6.07, 6.45) is 1.75. The molecule has 17 heavy (non-hydrogen) atoms. The summed E-state index contributed by atoms with van der Waals surface area (Å²) in [7, 11) is 0. The van der Waals surface area contributed by atoms with Crippen LogP contribution < -0.4 is 5.73 Å². The van der Waals surface area contributed by atoms with E-state index < -0.39 is 0 Å². The predicted octanol–water partition coefficient (Wildman–Crippen LogP) is 2.05. The number of nitrogen functional groups attached to an aromatic ring is 1. The van der Waals surface area contributed by atoms with Crippen molar-refractivity contribution in [2.75, 3.05) is 5.73 Å². The molecule has 5 nitrogen and oxygen atoms in total. The van der Waals surface area contributed by atoms with Gasteiger partial charge in [0.05, 0.1) is 9.88 Å². The molecule has 0 atom stereocenters.